The Morgan fingerprint density at radius 3 is 2.83 bits per heavy atom. The minimum atomic E-state index is 0. The lowest BCUT2D eigenvalue weighted by Gasteiger charge is -2.41. The van der Waals surface area contributed by atoms with E-state index in [0.717, 1.165) is 19.1 Å². The molecule has 0 aromatic rings. The molecule has 4 unspecified atom stereocenters. The van der Waals surface area contributed by atoms with E-state index in [1.165, 1.54) is 32.4 Å². The molecule has 2 aliphatic heterocycles. The summed E-state index contributed by atoms with van der Waals surface area (Å²) in [6.45, 7) is 11.5. The number of ether oxygens (including phenoxy) is 1. The lowest BCUT2D eigenvalue weighted by atomic mass is 9.93. The van der Waals surface area contributed by atoms with E-state index >= 15 is 0 Å². The summed E-state index contributed by atoms with van der Waals surface area (Å²) in [5.41, 5.74) is 0. The molecule has 0 aromatic heterocycles. The summed E-state index contributed by atoms with van der Waals surface area (Å²) in [5, 5.41) is 3.55. The predicted molar refractivity (Wildman–Crippen MR) is 78.5 cm³/mol. The van der Waals surface area contributed by atoms with E-state index in [4.69, 9.17) is 4.74 Å². The number of hydrogen-bond donors (Lipinski definition) is 1. The van der Waals surface area contributed by atoms with Gasteiger partial charge in [0.1, 0.15) is 0 Å². The number of rotatable bonds is 3. The van der Waals surface area contributed by atoms with Gasteiger partial charge in [0.05, 0.1) is 6.10 Å². The molecule has 108 valence electrons. The Hall–Kier alpha value is 0.170. The van der Waals surface area contributed by atoms with Crippen LogP contribution in [0.4, 0.5) is 0 Å². The molecule has 0 aliphatic carbocycles. The molecule has 2 heterocycles. The number of piperazine rings is 1. The molecule has 0 bridgehead atoms. The van der Waals surface area contributed by atoms with Gasteiger partial charge in [0.2, 0.25) is 0 Å². The van der Waals surface area contributed by atoms with Crippen LogP contribution in [0.3, 0.4) is 0 Å². The monoisotopic (exact) mass is 276 g/mol. The third-order valence-electron chi connectivity index (χ3n) is 4.32. The first kappa shape index (κ1) is 16.2. The summed E-state index contributed by atoms with van der Waals surface area (Å²) in [7, 11) is 0. The Kier molecular flexibility index (Phi) is 6.93. The fourth-order valence-corrected chi connectivity index (χ4v) is 3.09. The van der Waals surface area contributed by atoms with E-state index < -0.39 is 0 Å². The van der Waals surface area contributed by atoms with Crippen molar-refractivity contribution in [2.75, 3.05) is 26.2 Å². The highest BCUT2D eigenvalue weighted by Gasteiger charge is 2.27. The Morgan fingerprint density at radius 1 is 1.33 bits per heavy atom. The Bertz CT molecular complexity index is 240. The van der Waals surface area contributed by atoms with Gasteiger partial charge in [-0.3, -0.25) is 4.90 Å². The highest BCUT2D eigenvalue weighted by atomic mass is 35.5. The summed E-state index contributed by atoms with van der Waals surface area (Å²) in [6.07, 6.45) is 4.21. The van der Waals surface area contributed by atoms with Gasteiger partial charge in [-0.2, -0.15) is 0 Å². The number of hydrogen-bond acceptors (Lipinski definition) is 3. The van der Waals surface area contributed by atoms with Gasteiger partial charge in [0.15, 0.2) is 0 Å². The fourth-order valence-electron chi connectivity index (χ4n) is 3.09. The molecule has 4 atom stereocenters. The van der Waals surface area contributed by atoms with Crippen LogP contribution in [0.1, 0.15) is 40.0 Å². The van der Waals surface area contributed by atoms with E-state index in [9.17, 15) is 0 Å². The molecule has 2 rings (SSSR count). The number of nitrogens with zero attached hydrogens (tertiary/aromatic N) is 1. The van der Waals surface area contributed by atoms with Crippen LogP contribution in [-0.4, -0.2) is 49.3 Å². The van der Waals surface area contributed by atoms with Gasteiger partial charge >= 0.3 is 0 Å². The zero-order valence-corrected chi connectivity index (χ0v) is 12.8. The van der Waals surface area contributed by atoms with Gasteiger partial charge < -0.3 is 10.1 Å². The molecule has 2 saturated heterocycles. The molecular weight excluding hydrogens is 248 g/mol. The summed E-state index contributed by atoms with van der Waals surface area (Å²) < 4.78 is 5.76. The molecule has 18 heavy (non-hydrogen) atoms. The second-order valence-corrected chi connectivity index (χ2v) is 5.90. The molecule has 2 fully saturated rings. The van der Waals surface area contributed by atoms with E-state index in [-0.39, 0.29) is 12.4 Å². The second-order valence-electron chi connectivity index (χ2n) is 5.90. The first-order valence-electron chi connectivity index (χ1n) is 7.28. The molecule has 0 amide bonds. The van der Waals surface area contributed by atoms with Crippen molar-refractivity contribution in [2.45, 2.75) is 58.2 Å². The van der Waals surface area contributed by atoms with Gasteiger partial charge in [-0.05, 0) is 39.0 Å². The highest BCUT2D eigenvalue weighted by molar-refractivity contribution is 5.85. The minimum absolute atomic E-state index is 0. The molecule has 4 heteroatoms. The molecule has 0 saturated carbocycles. The van der Waals surface area contributed by atoms with Crippen molar-refractivity contribution < 1.29 is 4.74 Å². The van der Waals surface area contributed by atoms with E-state index in [2.05, 4.69) is 31.0 Å². The summed E-state index contributed by atoms with van der Waals surface area (Å²) in [6, 6.07) is 1.34. The minimum Gasteiger partial charge on any atom is -0.378 e. The zero-order valence-electron chi connectivity index (χ0n) is 12.0. The fraction of sp³-hybridized carbons (Fsp3) is 1.00. The molecule has 2 aliphatic rings. The van der Waals surface area contributed by atoms with Gasteiger partial charge in [-0.1, -0.05) is 6.92 Å². The van der Waals surface area contributed by atoms with Crippen molar-refractivity contribution in [3.63, 3.8) is 0 Å². The maximum atomic E-state index is 5.76. The number of halogens is 1. The lowest BCUT2D eigenvalue weighted by molar-refractivity contribution is -0.0227. The average Bonchev–Trinajstić information content (AvgIpc) is 2.34. The van der Waals surface area contributed by atoms with Crippen LogP contribution in [0.15, 0.2) is 0 Å². The van der Waals surface area contributed by atoms with Gasteiger partial charge in [-0.15, -0.1) is 12.4 Å². The smallest absolute Gasteiger partial charge is 0.0575 e. The van der Waals surface area contributed by atoms with Crippen molar-refractivity contribution in [1.82, 2.24) is 10.2 Å². The topological polar surface area (TPSA) is 24.5 Å². The van der Waals surface area contributed by atoms with Crippen LogP contribution in [0.2, 0.25) is 0 Å². The van der Waals surface area contributed by atoms with Crippen LogP contribution < -0.4 is 5.32 Å². The van der Waals surface area contributed by atoms with Crippen molar-refractivity contribution >= 4 is 12.4 Å². The average molecular weight is 277 g/mol. The van der Waals surface area contributed by atoms with Crippen molar-refractivity contribution in [1.29, 1.82) is 0 Å². The normalized spacial score (nSPS) is 38.2. The van der Waals surface area contributed by atoms with Crippen LogP contribution in [0.25, 0.3) is 0 Å². The van der Waals surface area contributed by atoms with Crippen LogP contribution in [-0.2, 0) is 4.74 Å². The number of nitrogens with one attached hydrogen (secondary N) is 1. The molecule has 0 radical (unpaired) electrons. The van der Waals surface area contributed by atoms with Crippen LogP contribution in [0, 0.1) is 5.92 Å². The second kappa shape index (κ2) is 7.68. The first-order chi connectivity index (χ1) is 8.19. The maximum Gasteiger partial charge on any atom is 0.0575 e. The Morgan fingerprint density at radius 2 is 2.11 bits per heavy atom. The standard InChI is InChI=1S/C14H28N2O.ClH/c1-4-14-7-13(5-6-17-14)10-16-9-11(2)15-8-12(16)3;/h11-15H,4-10H2,1-3H3;1H. The largest absolute Gasteiger partial charge is 0.378 e. The van der Waals surface area contributed by atoms with Crippen LogP contribution >= 0.6 is 12.4 Å². The Balaban J connectivity index is 0.00000162. The third-order valence-corrected chi connectivity index (χ3v) is 4.32. The highest BCUT2D eigenvalue weighted by Crippen LogP contribution is 2.24. The Labute approximate surface area is 118 Å². The zero-order chi connectivity index (χ0) is 12.3. The molecule has 3 nitrogen and oxygen atoms in total. The van der Waals surface area contributed by atoms with Crippen molar-refractivity contribution in [3.05, 3.63) is 0 Å². The maximum absolute atomic E-state index is 5.76. The van der Waals surface area contributed by atoms with Crippen molar-refractivity contribution in [2.24, 2.45) is 5.92 Å². The van der Waals surface area contributed by atoms with E-state index in [0.29, 0.717) is 18.2 Å². The molecule has 0 spiro atoms. The molecule has 1 N–H and O–H groups in total. The lowest BCUT2D eigenvalue weighted by Crippen LogP contribution is -2.55. The quantitative estimate of drug-likeness (QED) is 0.856. The molecule has 0 aromatic carbocycles. The van der Waals surface area contributed by atoms with Gasteiger partial charge in [0, 0.05) is 38.3 Å². The van der Waals surface area contributed by atoms with Gasteiger partial charge in [0.25, 0.3) is 0 Å². The SMILES string of the molecule is CCC1CC(CN2CC(C)NCC2C)CCO1.Cl. The van der Waals surface area contributed by atoms with E-state index in [1.807, 2.05) is 0 Å². The van der Waals surface area contributed by atoms with Crippen LogP contribution in [0.5, 0.6) is 0 Å². The summed E-state index contributed by atoms with van der Waals surface area (Å²) >= 11 is 0. The molecular formula is C14H29ClN2O. The van der Waals surface area contributed by atoms with E-state index in [1.54, 1.807) is 0 Å². The summed E-state index contributed by atoms with van der Waals surface area (Å²) in [4.78, 5) is 2.67. The van der Waals surface area contributed by atoms with Crippen molar-refractivity contribution in [3.8, 4) is 0 Å². The van der Waals surface area contributed by atoms with Gasteiger partial charge in [-0.25, -0.2) is 0 Å². The predicted octanol–water partition coefficient (Wildman–Crippen LogP) is 2.30. The summed E-state index contributed by atoms with van der Waals surface area (Å²) in [5.74, 6) is 0.849. The third kappa shape index (κ3) is 4.37. The first-order valence-corrected chi connectivity index (χ1v) is 7.28.